The number of hydrogen-bond acceptors (Lipinski definition) is 3. The molecule has 0 aliphatic rings. The number of rotatable bonds is 9. The molecule has 0 aliphatic heterocycles. The standard InChI is InChI=1S/C17H27N3O2/c1-4-18-12-14-8-5-6-9-15(14)20-17(22)11-7-10-16(21)19-13(2)3/h5-6,8-9,13,18H,4,7,10-12H2,1-3H3,(H,19,21)(H,20,22). The molecule has 0 aliphatic carbocycles. The lowest BCUT2D eigenvalue weighted by Gasteiger charge is -2.11. The Morgan fingerprint density at radius 2 is 1.77 bits per heavy atom. The molecule has 122 valence electrons. The molecule has 0 spiro atoms. The van der Waals surface area contributed by atoms with Crippen molar-refractivity contribution in [3.63, 3.8) is 0 Å². The fraction of sp³-hybridized carbons (Fsp3) is 0.529. The molecule has 0 heterocycles. The SMILES string of the molecule is CCNCc1ccccc1NC(=O)CCCC(=O)NC(C)C. The first-order valence-corrected chi connectivity index (χ1v) is 7.90. The summed E-state index contributed by atoms with van der Waals surface area (Å²) in [6.45, 7) is 7.50. The van der Waals surface area contributed by atoms with Gasteiger partial charge in [-0.3, -0.25) is 9.59 Å². The maximum atomic E-state index is 12.0. The van der Waals surface area contributed by atoms with Gasteiger partial charge in [-0.05, 0) is 38.4 Å². The second kappa shape index (κ2) is 9.95. The second-order valence-corrected chi connectivity index (χ2v) is 5.56. The lowest BCUT2D eigenvalue weighted by Crippen LogP contribution is -2.30. The van der Waals surface area contributed by atoms with Crippen LogP contribution in [0.3, 0.4) is 0 Å². The molecule has 0 saturated carbocycles. The van der Waals surface area contributed by atoms with E-state index in [0.29, 0.717) is 19.3 Å². The molecule has 0 radical (unpaired) electrons. The minimum absolute atomic E-state index is 0.00431. The van der Waals surface area contributed by atoms with Crippen LogP contribution in [0, 0.1) is 0 Å². The number of carbonyl (C=O) groups is 2. The number of carbonyl (C=O) groups excluding carboxylic acids is 2. The van der Waals surface area contributed by atoms with Crippen LogP contribution >= 0.6 is 0 Å². The Morgan fingerprint density at radius 1 is 1.09 bits per heavy atom. The van der Waals surface area contributed by atoms with E-state index in [1.807, 2.05) is 45.0 Å². The lowest BCUT2D eigenvalue weighted by molar-refractivity contribution is -0.121. The minimum Gasteiger partial charge on any atom is -0.354 e. The third-order valence-corrected chi connectivity index (χ3v) is 3.11. The van der Waals surface area contributed by atoms with Crippen molar-refractivity contribution in [3.8, 4) is 0 Å². The van der Waals surface area contributed by atoms with Crippen LogP contribution in [-0.2, 0) is 16.1 Å². The summed E-state index contributed by atoms with van der Waals surface area (Å²) in [5.74, 6) is -0.0587. The van der Waals surface area contributed by atoms with Crippen molar-refractivity contribution in [2.24, 2.45) is 0 Å². The first kappa shape index (κ1) is 18.2. The molecular formula is C17H27N3O2. The normalized spacial score (nSPS) is 10.5. The molecule has 1 aromatic rings. The van der Waals surface area contributed by atoms with Crippen LogP contribution in [0.1, 0.15) is 45.6 Å². The summed E-state index contributed by atoms with van der Waals surface area (Å²) in [5.41, 5.74) is 1.90. The average Bonchev–Trinajstić information content (AvgIpc) is 2.45. The van der Waals surface area contributed by atoms with Crippen molar-refractivity contribution in [2.45, 2.75) is 52.6 Å². The van der Waals surface area contributed by atoms with Gasteiger partial charge in [0.05, 0.1) is 0 Å². The topological polar surface area (TPSA) is 70.2 Å². The molecule has 22 heavy (non-hydrogen) atoms. The van der Waals surface area contributed by atoms with Crippen LogP contribution in [0.5, 0.6) is 0 Å². The monoisotopic (exact) mass is 305 g/mol. The number of anilines is 1. The van der Waals surface area contributed by atoms with Crippen molar-refractivity contribution >= 4 is 17.5 Å². The highest BCUT2D eigenvalue weighted by molar-refractivity contribution is 5.91. The summed E-state index contributed by atoms with van der Waals surface area (Å²) >= 11 is 0. The van der Waals surface area contributed by atoms with Gasteiger partial charge in [0.1, 0.15) is 0 Å². The van der Waals surface area contributed by atoms with E-state index in [2.05, 4.69) is 16.0 Å². The third kappa shape index (κ3) is 7.22. The molecule has 1 rings (SSSR count). The molecule has 0 bridgehead atoms. The summed E-state index contributed by atoms with van der Waals surface area (Å²) in [5, 5.41) is 8.99. The summed E-state index contributed by atoms with van der Waals surface area (Å²) in [6, 6.07) is 7.89. The molecule has 3 N–H and O–H groups in total. The Kier molecular flexibility index (Phi) is 8.22. The second-order valence-electron chi connectivity index (χ2n) is 5.56. The summed E-state index contributed by atoms with van der Waals surface area (Å²) in [7, 11) is 0. The average molecular weight is 305 g/mol. The Labute approximate surface area is 132 Å². The quantitative estimate of drug-likeness (QED) is 0.656. The first-order valence-electron chi connectivity index (χ1n) is 7.90. The van der Waals surface area contributed by atoms with Gasteiger partial charge in [-0.1, -0.05) is 25.1 Å². The lowest BCUT2D eigenvalue weighted by atomic mass is 10.1. The molecule has 0 saturated heterocycles. The van der Waals surface area contributed by atoms with Gasteiger partial charge < -0.3 is 16.0 Å². The number of hydrogen-bond donors (Lipinski definition) is 3. The van der Waals surface area contributed by atoms with Gasteiger partial charge in [0.25, 0.3) is 0 Å². The highest BCUT2D eigenvalue weighted by atomic mass is 16.2. The smallest absolute Gasteiger partial charge is 0.224 e. The van der Waals surface area contributed by atoms with Crippen LogP contribution in [0.15, 0.2) is 24.3 Å². The number of benzene rings is 1. The third-order valence-electron chi connectivity index (χ3n) is 3.11. The molecule has 0 aromatic heterocycles. The van der Waals surface area contributed by atoms with Gasteiger partial charge in [-0.15, -0.1) is 0 Å². The maximum Gasteiger partial charge on any atom is 0.224 e. The Balaban J connectivity index is 2.40. The summed E-state index contributed by atoms with van der Waals surface area (Å²) in [6.07, 6.45) is 1.28. The van der Waals surface area contributed by atoms with Gasteiger partial charge in [-0.2, -0.15) is 0 Å². The number of nitrogens with one attached hydrogen (secondary N) is 3. The number of para-hydroxylation sites is 1. The van der Waals surface area contributed by atoms with Crippen molar-refractivity contribution in [3.05, 3.63) is 29.8 Å². The van der Waals surface area contributed by atoms with E-state index in [4.69, 9.17) is 0 Å². The molecule has 5 nitrogen and oxygen atoms in total. The van der Waals surface area contributed by atoms with E-state index < -0.39 is 0 Å². The van der Waals surface area contributed by atoms with E-state index in [1.54, 1.807) is 0 Å². The van der Waals surface area contributed by atoms with E-state index in [-0.39, 0.29) is 17.9 Å². The van der Waals surface area contributed by atoms with Crippen molar-refractivity contribution in [1.29, 1.82) is 0 Å². The van der Waals surface area contributed by atoms with Crippen molar-refractivity contribution in [2.75, 3.05) is 11.9 Å². The molecular weight excluding hydrogens is 278 g/mol. The fourth-order valence-electron chi connectivity index (χ4n) is 2.07. The zero-order valence-corrected chi connectivity index (χ0v) is 13.7. The first-order chi connectivity index (χ1) is 10.5. The molecule has 5 heteroatoms. The van der Waals surface area contributed by atoms with Gasteiger partial charge in [0.15, 0.2) is 0 Å². The van der Waals surface area contributed by atoms with Gasteiger partial charge >= 0.3 is 0 Å². The molecule has 0 fully saturated rings. The van der Waals surface area contributed by atoms with Crippen molar-refractivity contribution < 1.29 is 9.59 Å². The highest BCUT2D eigenvalue weighted by Gasteiger charge is 2.08. The Bertz CT molecular complexity index is 487. The molecule has 0 atom stereocenters. The molecule has 0 unspecified atom stereocenters. The zero-order chi connectivity index (χ0) is 16.4. The van der Waals surface area contributed by atoms with Gasteiger partial charge in [0.2, 0.25) is 11.8 Å². The van der Waals surface area contributed by atoms with Crippen molar-refractivity contribution in [1.82, 2.24) is 10.6 Å². The van der Waals surface area contributed by atoms with E-state index in [0.717, 1.165) is 24.3 Å². The van der Waals surface area contributed by atoms with Crippen LogP contribution in [0.25, 0.3) is 0 Å². The maximum absolute atomic E-state index is 12.0. The van der Waals surface area contributed by atoms with E-state index in [1.165, 1.54) is 0 Å². The predicted molar refractivity (Wildman–Crippen MR) is 89.6 cm³/mol. The largest absolute Gasteiger partial charge is 0.354 e. The van der Waals surface area contributed by atoms with Gasteiger partial charge in [-0.25, -0.2) is 0 Å². The zero-order valence-electron chi connectivity index (χ0n) is 13.7. The van der Waals surface area contributed by atoms with E-state index in [9.17, 15) is 9.59 Å². The molecule has 1 aromatic carbocycles. The van der Waals surface area contributed by atoms with Crippen LogP contribution < -0.4 is 16.0 Å². The Hall–Kier alpha value is -1.88. The number of amides is 2. The minimum atomic E-state index is -0.0544. The van der Waals surface area contributed by atoms with Gasteiger partial charge in [0, 0.05) is 31.1 Å². The van der Waals surface area contributed by atoms with Crippen LogP contribution in [-0.4, -0.2) is 24.4 Å². The predicted octanol–water partition coefficient (Wildman–Crippen LogP) is 2.43. The highest BCUT2D eigenvalue weighted by Crippen LogP contribution is 2.15. The summed E-state index contributed by atoms with van der Waals surface area (Å²) in [4.78, 5) is 23.5. The van der Waals surface area contributed by atoms with E-state index >= 15 is 0 Å². The Morgan fingerprint density at radius 3 is 2.45 bits per heavy atom. The summed E-state index contributed by atoms with van der Waals surface area (Å²) < 4.78 is 0. The van der Waals surface area contributed by atoms with Crippen LogP contribution in [0.4, 0.5) is 5.69 Å². The molecule has 2 amide bonds. The fourth-order valence-corrected chi connectivity index (χ4v) is 2.07. The van der Waals surface area contributed by atoms with Crippen LogP contribution in [0.2, 0.25) is 0 Å².